The lowest BCUT2D eigenvalue weighted by molar-refractivity contribution is -0.643. The van der Waals surface area contributed by atoms with Gasteiger partial charge < -0.3 is 4.40 Å². The number of nitriles is 1. The van der Waals surface area contributed by atoms with Gasteiger partial charge in [0, 0.05) is 16.8 Å². The fourth-order valence-electron chi connectivity index (χ4n) is 5.60. The summed E-state index contributed by atoms with van der Waals surface area (Å²) in [6.45, 7) is 2.21. The molecule has 0 fully saturated rings. The summed E-state index contributed by atoms with van der Waals surface area (Å²) in [4.78, 5) is 0. The van der Waals surface area contributed by atoms with Crippen LogP contribution in [-0.2, 0) is 7.05 Å². The summed E-state index contributed by atoms with van der Waals surface area (Å²) in [7, 11) is 2.14. The number of pyridine rings is 2. The predicted octanol–water partition coefficient (Wildman–Crippen LogP) is 6.66. The average molecular weight is 423 g/mol. The molecule has 0 aliphatic carbocycles. The smallest absolute Gasteiger partial charge is 0.224 e. The molecule has 0 aliphatic heterocycles. The second kappa shape index (κ2) is 6.31. The van der Waals surface area contributed by atoms with Crippen LogP contribution in [0.3, 0.4) is 0 Å². The highest BCUT2D eigenvalue weighted by atomic mass is 15.0. The summed E-state index contributed by atoms with van der Waals surface area (Å²) < 4.78 is 4.70. The number of rotatable bonds is 1. The van der Waals surface area contributed by atoms with Crippen LogP contribution in [0.1, 0.15) is 11.1 Å². The Bertz CT molecular complexity index is 1950. The highest BCUT2D eigenvalue weighted by Gasteiger charge is 2.24. The van der Waals surface area contributed by atoms with Crippen molar-refractivity contribution in [3.8, 4) is 17.2 Å². The third-order valence-electron chi connectivity index (χ3n) is 7.06. The van der Waals surface area contributed by atoms with E-state index in [4.69, 9.17) is 0 Å². The Morgan fingerprint density at radius 1 is 0.788 bits per heavy atom. The summed E-state index contributed by atoms with van der Waals surface area (Å²) in [6, 6.07) is 30.1. The van der Waals surface area contributed by atoms with E-state index in [0.29, 0.717) is 5.56 Å². The van der Waals surface area contributed by atoms with Gasteiger partial charge in [0.15, 0.2) is 6.20 Å². The number of fused-ring (bicyclic) bond motifs is 5. The van der Waals surface area contributed by atoms with E-state index in [1.807, 2.05) is 18.2 Å². The van der Waals surface area contributed by atoms with E-state index in [9.17, 15) is 5.26 Å². The van der Waals surface area contributed by atoms with E-state index in [2.05, 4.69) is 95.9 Å². The monoisotopic (exact) mass is 422 g/mol. The number of para-hydroxylation sites is 1. The number of benzene rings is 4. The maximum absolute atomic E-state index is 9.43. The van der Waals surface area contributed by atoms with Crippen LogP contribution >= 0.6 is 0 Å². The van der Waals surface area contributed by atoms with Crippen molar-refractivity contribution in [1.29, 1.82) is 5.26 Å². The second-order valence-corrected chi connectivity index (χ2v) is 8.93. The quantitative estimate of drug-likeness (QED) is 0.165. The lowest BCUT2D eigenvalue weighted by Gasteiger charge is -2.14. The van der Waals surface area contributed by atoms with Crippen LogP contribution in [0.25, 0.3) is 60.1 Å². The largest absolute Gasteiger partial charge is 0.307 e. The van der Waals surface area contributed by atoms with Gasteiger partial charge in [0.1, 0.15) is 7.05 Å². The molecular formula is C30H20N3+. The van der Waals surface area contributed by atoms with E-state index in [-0.39, 0.29) is 0 Å². The second-order valence-electron chi connectivity index (χ2n) is 8.93. The third-order valence-corrected chi connectivity index (χ3v) is 7.06. The van der Waals surface area contributed by atoms with E-state index >= 15 is 0 Å². The summed E-state index contributed by atoms with van der Waals surface area (Å²) in [5, 5.41) is 15.8. The van der Waals surface area contributed by atoms with Crippen molar-refractivity contribution < 1.29 is 4.57 Å². The Balaban J connectivity index is 1.80. The Labute approximate surface area is 190 Å². The zero-order valence-corrected chi connectivity index (χ0v) is 18.4. The minimum atomic E-state index is 0.677. The highest BCUT2D eigenvalue weighted by Crippen LogP contribution is 2.41. The lowest BCUT2D eigenvalue weighted by atomic mass is 9.96. The first kappa shape index (κ1) is 18.2. The van der Waals surface area contributed by atoms with Crippen molar-refractivity contribution in [2.75, 3.05) is 0 Å². The molecule has 3 aromatic heterocycles. The average Bonchev–Trinajstić information content (AvgIpc) is 3.19. The molecule has 3 nitrogen and oxygen atoms in total. The van der Waals surface area contributed by atoms with Crippen LogP contribution < -0.4 is 4.57 Å². The molecule has 0 atom stereocenters. The molecule has 0 unspecified atom stereocenters. The predicted molar refractivity (Wildman–Crippen MR) is 135 cm³/mol. The molecule has 4 aromatic carbocycles. The van der Waals surface area contributed by atoms with Gasteiger partial charge in [0.25, 0.3) is 0 Å². The minimum Gasteiger partial charge on any atom is -0.307 e. The number of aromatic nitrogens is 2. The van der Waals surface area contributed by atoms with Crippen LogP contribution in [0, 0.1) is 18.3 Å². The van der Waals surface area contributed by atoms with Gasteiger partial charge >= 0.3 is 0 Å². The third kappa shape index (κ3) is 2.30. The summed E-state index contributed by atoms with van der Waals surface area (Å²) in [5.74, 6) is 0. The van der Waals surface area contributed by atoms with Gasteiger partial charge in [-0.15, -0.1) is 0 Å². The molecule has 0 bridgehead atoms. The molecule has 0 saturated carbocycles. The molecule has 0 saturated heterocycles. The Hall–Kier alpha value is -4.42. The van der Waals surface area contributed by atoms with Crippen LogP contribution in [0.4, 0.5) is 0 Å². The molecule has 154 valence electrons. The van der Waals surface area contributed by atoms with Gasteiger partial charge in [-0.2, -0.15) is 5.26 Å². The topological polar surface area (TPSA) is 32.1 Å². The minimum absolute atomic E-state index is 0.677. The molecule has 0 spiro atoms. The van der Waals surface area contributed by atoms with Gasteiger partial charge in [0.2, 0.25) is 5.52 Å². The molecule has 3 heterocycles. The summed E-state index contributed by atoms with van der Waals surface area (Å²) >= 11 is 0. The van der Waals surface area contributed by atoms with Crippen molar-refractivity contribution in [2.24, 2.45) is 7.05 Å². The van der Waals surface area contributed by atoms with Crippen molar-refractivity contribution >= 4 is 49.0 Å². The van der Waals surface area contributed by atoms with E-state index in [0.717, 1.165) is 11.1 Å². The molecule has 7 aromatic rings. The standard InChI is InChI=1S/C30H20N3/c1-18-10-11-24-23-8-3-4-9-25(23)33-26-16-22(20-7-5-6-19(14-20)17-31)15-21-12-13-32(2)30(28(21)26)27(18)29(24)33/h3-16H,1-2H3/q+1. The SMILES string of the molecule is Cc1ccc2c3ccccc3n3c4cc(-c5cccc(C#N)c5)cc5cc[n+](C)c(c1c23)c54. The van der Waals surface area contributed by atoms with Crippen LogP contribution in [0.2, 0.25) is 0 Å². The van der Waals surface area contributed by atoms with Gasteiger partial charge in [-0.1, -0.05) is 42.5 Å². The maximum Gasteiger partial charge on any atom is 0.224 e. The van der Waals surface area contributed by atoms with E-state index < -0.39 is 0 Å². The highest BCUT2D eigenvalue weighted by molar-refractivity contribution is 6.26. The normalized spacial score (nSPS) is 11.9. The number of nitrogens with zero attached hydrogens (tertiary/aromatic N) is 3. The molecule has 0 amide bonds. The number of hydrogen-bond acceptors (Lipinski definition) is 1. The maximum atomic E-state index is 9.43. The Morgan fingerprint density at radius 2 is 1.67 bits per heavy atom. The first-order valence-electron chi connectivity index (χ1n) is 11.2. The van der Waals surface area contributed by atoms with Crippen LogP contribution in [0.5, 0.6) is 0 Å². The molecule has 0 aliphatic rings. The Morgan fingerprint density at radius 3 is 2.55 bits per heavy atom. The van der Waals surface area contributed by atoms with Crippen molar-refractivity contribution in [3.05, 3.63) is 96.2 Å². The van der Waals surface area contributed by atoms with Crippen molar-refractivity contribution in [1.82, 2.24) is 4.40 Å². The number of aryl methyl sites for hydroxylation is 2. The molecule has 0 radical (unpaired) electrons. The van der Waals surface area contributed by atoms with Gasteiger partial charge in [-0.3, -0.25) is 0 Å². The van der Waals surface area contributed by atoms with Crippen LogP contribution in [0.15, 0.2) is 85.1 Å². The fourth-order valence-corrected chi connectivity index (χ4v) is 5.60. The van der Waals surface area contributed by atoms with Gasteiger partial charge in [0.05, 0.1) is 39.0 Å². The number of hydrogen-bond donors (Lipinski definition) is 0. The fraction of sp³-hybridized carbons (Fsp3) is 0.0667. The van der Waals surface area contributed by atoms with Crippen molar-refractivity contribution in [2.45, 2.75) is 6.92 Å². The molecule has 33 heavy (non-hydrogen) atoms. The van der Waals surface area contributed by atoms with Crippen LogP contribution in [-0.4, -0.2) is 4.40 Å². The molecule has 3 heteroatoms. The zero-order valence-electron chi connectivity index (χ0n) is 18.4. The van der Waals surface area contributed by atoms with Gasteiger partial charge in [-0.25, -0.2) is 4.57 Å². The van der Waals surface area contributed by atoms with Crippen molar-refractivity contribution in [3.63, 3.8) is 0 Å². The lowest BCUT2D eigenvalue weighted by Crippen LogP contribution is -2.28. The molecule has 0 N–H and O–H groups in total. The first-order chi connectivity index (χ1) is 16.2. The van der Waals surface area contributed by atoms with E-state index in [1.165, 1.54) is 54.6 Å². The zero-order chi connectivity index (χ0) is 22.3. The van der Waals surface area contributed by atoms with Gasteiger partial charge in [-0.05, 0) is 59.3 Å². The van der Waals surface area contributed by atoms with E-state index in [1.54, 1.807) is 0 Å². The summed E-state index contributed by atoms with van der Waals surface area (Å²) in [5.41, 5.74) is 9.09. The summed E-state index contributed by atoms with van der Waals surface area (Å²) in [6.07, 6.45) is 2.16. The first-order valence-corrected chi connectivity index (χ1v) is 11.2. The Kier molecular flexibility index (Phi) is 3.47. The molecule has 7 rings (SSSR count). The molecular weight excluding hydrogens is 402 g/mol.